The molecule has 0 bridgehead atoms. The van der Waals surface area contributed by atoms with E-state index in [1.54, 1.807) is 38.1 Å². The molecule has 0 aromatic heterocycles. The lowest BCUT2D eigenvalue weighted by molar-refractivity contribution is -0.133. The van der Waals surface area contributed by atoms with E-state index in [-0.39, 0.29) is 24.8 Å². The molecule has 4 atom stereocenters. The molecule has 0 aliphatic heterocycles. The molecule has 0 saturated heterocycles. The SMILES string of the molecule is COc1ccc(CNC(=O)[C@@H](NC(=O)[C@H](NCc2cc(OC)c(OC)cc2OC)[C@H](O)[C@@H](N)Cc2ccccc2)C(C)C)c(O)c1. The number of hydrogen-bond acceptors (Lipinski definition) is 10. The van der Waals surface area contributed by atoms with Gasteiger partial charge in [-0.3, -0.25) is 14.9 Å². The topological polar surface area (TPSA) is 174 Å². The normalized spacial score (nSPS) is 13.7. The van der Waals surface area contributed by atoms with Crippen LogP contribution >= 0.6 is 0 Å². The summed E-state index contributed by atoms with van der Waals surface area (Å²) in [5.41, 5.74) is 8.47. The molecule has 250 valence electrons. The van der Waals surface area contributed by atoms with Gasteiger partial charge in [-0.1, -0.05) is 44.2 Å². The zero-order valence-corrected chi connectivity index (χ0v) is 27.2. The Morgan fingerprint density at radius 2 is 1.43 bits per heavy atom. The first-order chi connectivity index (χ1) is 22.0. The first kappa shape index (κ1) is 36.0. The van der Waals surface area contributed by atoms with Gasteiger partial charge in [0, 0.05) is 42.4 Å². The molecule has 0 fully saturated rings. The number of benzene rings is 3. The highest BCUT2D eigenvalue weighted by Gasteiger charge is 2.34. The van der Waals surface area contributed by atoms with Gasteiger partial charge in [0.25, 0.3) is 0 Å². The number of nitrogens with two attached hydrogens (primary N) is 1. The smallest absolute Gasteiger partial charge is 0.243 e. The summed E-state index contributed by atoms with van der Waals surface area (Å²) in [4.78, 5) is 27.2. The van der Waals surface area contributed by atoms with Crippen molar-refractivity contribution < 1.29 is 38.7 Å². The van der Waals surface area contributed by atoms with Crippen LogP contribution in [-0.2, 0) is 29.1 Å². The molecule has 0 radical (unpaired) electrons. The Balaban J connectivity index is 1.83. The maximum atomic E-state index is 13.9. The minimum atomic E-state index is -1.33. The number of phenols is 1. The van der Waals surface area contributed by atoms with Gasteiger partial charge in [-0.15, -0.1) is 0 Å². The second-order valence-electron chi connectivity index (χ2n) is 11.2. The van der Waals surface area contributed by atoms with Crippen LogP contribution < -0.4 is 40.6 Å². The number of nitrogens with one attached hydrogen (secondary N) is 3. The molecule has 46 heavy (non-hydrogen) atoms. The van der Waals surface area contributed by atoms with Crippen LogP contribution in [0.1, 0.15) is 30.5 Å². The summed E-state index contributed by atoms with van der Waals surface area (Å²) < 4.78 is 21.5. The number of ether oxygens (including phenoxy) is 4. The Bertz CT molecular complexity index is 1440. The third-order valence-electron chi connectivity index (χ3n) is 7.67. The van der Waals surface area contributed by atoms with Crippen LogP contribution in [0.4, 0.5) is 0 Å². The number of methoxy groups -OCH3 is 4. The van der Waals surface area contributed by atoms with Gasteiger partial charge in [0.15, 0.2) is 11.5 Å². The minimum Gasteiger partial charge on any atom is -0.507 e. The molecule has 3 rings (SSSR count). The summed E-state index contributed by atoms with van der Waals surface area (Å²) in [5, 5.41) is 30.5. The molecule has 0 heterocycles. The number of phenolic OH excluding ortho intramolecular Hbond substituents is 1. The summed E-state index contributed by atoms with van der Waals surface area (Å²) in [6, 6.07) is 14.6. The lowest BCUT2D eigenvalue weighted by Gasteiger charge is -2.30. The van der Waals surface area contributed by atoms with Crippen molar-refractivity contribution in [1.29, 1.82) is 0 Å². The van der Waals surface area contributed by atoms with Crippen LogP contribution in [0.2, 0.25) is 0 Å². The largest absolute Gasteiger partial charge is 0.507 e. The summed E-state index contributed by atoms with van der Waals surface area (Å²) in [5.74, 6) is 0.476. The van der Waals surface area contributed by atoms with Crippen molar-refractivity contribution in [3.63, 3.8) is 0 Å². The van der Waals surface area contributed by atoms with E-state index in [2.05, 4.69) is 16.0 Å². The molecule has 7 N–H and O–H groups in total. The van der Waals surface area contributed by atoms with Gasteiger partial charge in [0.2, 0.25) is 11.8 Å². The molecule has 0 saturated carbocycles. The minimum absolute atomic E-state index is 0.0269. The molecular weight excluding hydrogens is 592 g/mol. The summed E-state index contributed by atoms with van der Waals surface area (Å²) in [7, 11) is 6.03. The number of amides is 2. The number of aliphatic hydroxyl groups excluding tert-OH is 1. The van der Waals surface area contributed by atoms with Crippen molar-refractivity contribution in [1.82, 2.24) is 16.0 Å². The zero-order valence-electron chi connectivity index (χ0n) is 27.2. The molecule has 3 aromatic rings. The Morgan fingerprint density at radius 1 is 0.783 bits per heavy atom. The van der Waals surface area contributed by atoms with Gasteiger partial charge >= 0.3 is 0 Å². The number of carbonyl (C=O) groups is 2. The van der Waals surface area contributed by atoms with Crippen LogP contribution in [0.5, 0.6) is 28.7 Å². The molecular formula is C34H46N4O8. The van der Waals surface area contributed by atoms with Crippen molar-refractivity contribution in [3.8, 4) is 28.7 Å². The molecule has 0 aliphatic rings. The number of rotatable bonds is 17. The second-order valence-corrected chi connectivity index (χ2v) is 11.2. The number of hydrogen-bond donors (Lipinski definition) is 6. The predicted molar refractivity (Wildman–Crippen MR) is 174 cm³/mol. The zero-order chi connectivity index (χ0) is 33.8. The quantitative estimate of drug-likeness (QED) is 0.129. The van der Waals surface area contributed by atoms with Gasteiger partial charge in [0.05, 0.1) is 34.5 Å². The van der Waals surface area contributed by atoms with Crippen LogP contribution in [0.15, 0.2) is 60.7 Å². The standard InChI is InChI=1S/C34H46N4O8/c1-20(2)30(33(41)37-18-22-12-13-24(43-3)16-26(22)39)38-34(42)31(32(40)25(35)14-21-10-8-7-9-11-21)36-19-23-15-28(45-5)29(46-6)17-27(23)44-4/h7-13,15-17,20,25,30-32,36,39-40H,14,18-19,35H2,1-6H3,(H,37,41)(H,38,42)/t25-,30-,31+,32+/m0/s1. The van der Waals surface area contributed by atoms with Crippen molar-refractivity contribution in [2.75, 3.05) is 28.4 Å². The van der Waals surface area contributed by atoms with Gasteiger partial charge in [0.1, 0.15) is 29.3 Å². The van der Waals surface area contributed by atoms with E-state index in [0.29, 0.717) is 40.5 Å². The Morgan fingerprint density at radius 3 is 2.02 bits per heavy atom. The number of aliphatic hydroxyl groups is 1. The molecule has 3 aromatic carbocycles. The third kappa shape index (κ3) is 9.49. The van der Waals surface area contributed by atoms with Crippen LogP contribution in [0, 0.1) is 5.92 Å². The Hall–Kier alpha value is -4.52. The summed E-state index contributed by atoms with van der Waals surface area (Å²) in [6.45, 7) is 3.71. The summed E-state index contributed by atoms with van der Waals surface area (Å²) >= 11 is 0. The van der Waals surface area contributed by atoms with Crippen molar-refractivity contribution >= 4 is 11.8 Å². The molecule has 0 unspecified atom stereocenters. The first-order valence-corrected chi connectivity index (χ1v) is 15.0. The van der Waals surface area contributed by atoms with E-state index < -0.39 is 36.0 Å². The van der Waals surface area contributed by atoms with E-state index in [9.17, 15) is 19.8 Å². The second kappa shape index (κ2) is 17.2. The van der Waals surface area contributed by atoms with E-state index in [1.807, 2.05) is 30.3 Å². The Kier molecular flexibility index (Phi) is 13.5. The Labute approximate surface area is 270 Å². The predicted octanol–water partition coefficient (Wildman–Crippen LogP) is 2.27. The maximum absolute atomic E-state index is 13.9. The average molecular weight is 639 g/mol. The van der Waals surface area contributed by atoms with E-state index in [0.717, 1.165) is 5.56 Å². The van der Waals surface area contributed by atoms with Crippen molar-refractivity contribution in [2.24, 2.45) is 11.7 Å². The summed E-state index contributed by atoms with van der Waals surface area (Å²) in [6.07, 6.45) is -1.02. The van der Waals surface area contributed by atoms with Gasteiger partial charge < -0.3 is 45.5 Å². The van der Waals surface area contributed by atoms with Crippen LogP contribution in [0.25, 0.3) is 0 Å². The fraction of sp³-hybridized carbons (Fsp3) is 0.412. The first-order valence-electron chi connectivity index (χ1n) is 15.0. The monoisotopic (exact) mass is 638 g/mol. The molecule has 12 nitrogen and oxygen atoms in total. The highest BCUT2D eigenvalue weighted by atomic mass is 16.5. The molecule has 12 heteroatoms. The van der Waals surface area contributed by atoms with Crippen LogP contribution in [0.3, 0.4) is 0 Å². The van der Waals surface area contributed by atoms with Crippen LogP contribution in [-0.4, -0.2) is 74.7 Å². The fourth-order valence-corrected chi connectivity index (χ4v) is 4.96. The molecule has 0 spiro atoms. The fourth-order valence-electron chi connectivity index (χ4n) is 4.96. The average Bonchev–Trinajstić information content (AvgIpc) is 3.06. The van der Waals surface area contributed by atoms with Crippen molar-refractivity contribution in [2.45, 2.75) is 57.6 Å². The van der Waals surface area contributed by atoms with Crippen molar-refractivity contribution in [3.05, 3.63) is 77.4 Å². The lowest BCUT2D eigenvalue weighted by atomic mass is 9.95. The van der Waals surface area contributed by atoms with E-state index in [1.165, 1.54) is 34.5 Å². The van der Waals surface area contributed by atoms with Gasteiger partial charge in [-0.2, -0.15) is 0 Å². The molecule has 0 aliphatic carbocycles. The highest BCUT2D eigenvalue weighted by molar-refractivity contribution is 5.90. The number of aromatic hydroxyl groups is 1. The highest BCUT2D eigenvalue weighted by Crippen LogP contribution is 2.34. The van der Waals surface area contributed by atoms with Gasteiger partial charge in [-0.05, 0) is 36.1 Å². The lowest BCUT2D eigenvalue weighted by Crippen LogP contribution is -2.60. The molecule has 2 amide bonds. The maximum Gasteiger partial charge on any atom is 0.243 e. The van der Waals surface area contributed by atoms with Gasteiger partial charge in [-0.25, -0.2) is 0 Å². The number of carbonyl (C=O) groups excluding carboxylic acids is 2. The van der Waals surface area contributed by atoms with E-state index in [4.69, 9.17) is 24.7 Å². The van der Waals surface area contributed by atoms with E-state index >= 15 is 0 Å². The third-order valence-corrected chi connectivity index (χ3v) is 7.67.